The Morgan fingerprint density at radius 2 is 2.06 bits per heavy atom. The van der Waals surface area contributed by atoms with Gasteiger partial charge in [-0.25, -0.2) is 9.97 Å². The van der Waals surface area contributed by atoms with Crippen molar-refractivity contribution in [2.45, 2.75) is 6.18 Å². The topological polar surface area (TPSA) is 35.0 Å². The van der Waals surface area contributed by atoms with Crippen molar-refractivity contribution in [2.75, 3.05) is 7.11 Å². The third-order valence-electron chi connectivity index (χ3n) is 2.04. The quantitative estimate of drug-likeness (QED) is 0.831. The minimum absolute atomic E-state index is 0.271. The lowest BCUT2D eigenvalue weighted by Crippen LogP contribution is -2.08. The minimum Gasteiger partial charge on any atom is -0.494 e. The fourth-order valence-electron chi connectivity index (χ4n) is 1.28. The molecule has 0 fully saturated rings. The normalized spacial score (nSPS) is 11.5. The number of halogens is 3. The fraction of sp³-hybridized carbons (Fsp3) is 0.200. The van der Waals surface area contributed by atoms with Crippen molar-refractivity contribution in [2.24, 2.45) is 0 Å². The Morgan fingerprint density at radius 3 is 2.59 bits per heavy atom. The highest BCUT2D eigenvalue weighted by molar-refractivity contribution is 7.13. The highest BCUT2D eigenvalue weighted by Crippen LogP contribution is 2.36. The van der Waals surface area contributed by atoms with Gasteiger partial charge in [-0.05, 0) is 6.07 Å². The van der Waals surface area contributed by atoms with Crippen LogP contribution in [-0.4, -0.2) is 17.1 Å². The monoisotopic (exact) mass is 260 g/mol. The minimum atomic E-state index is -4.47. The first kappa shape index (κ1) is 11.8. The van der Waals surface area contributed by atoms with E-state index in [1.807, 2.05) is 0 Å². The zero-order chi connectivity index (χ0) is 12.5. The summed E-state index contributed by atoms with van der Waals surface area (Å²) in [7, 11) is 1.38. The smallest absolute Gasteiger partial charge is 0.433 e. The molecule has 0 aliphatic carbocycles. The zero-order valence-corrected chi connectivity index (χ0v) is 9.47. The molecule has 0 aliphatic rings. The molecular formula is C10H7F3N2OS. The van der Waals surface area contributed by atoms with Crippen LogP contribution in [0.2, 0.25) is 0 Å². The van der Waals surface area contributed by atoms with Crippen LogP contribution in [0.5, 0.6) is 5.75 Å². The SMILES string of the molecule is COc1cnc(C(F)(F)F)cc1-c1nccs1. The lowest BCUT2D eigenvalue weighted by Gasteiger charge is -2.10. The van der Waals surface area contributed by atoms with Crippen LogP contribution in [0.4, 0.5) is 13.2 Å². The molecule has 0 N–H and O–H groups in total. The van der Waals surface area contributed by atoms with E-state index in [0.29, 0.717) is 10.6 Å². The number of alkyl halides is 3. The number of ether oxygens (including phenoxy) is 1. The fourth-order valence-corrected chi connectivity index (χ4v) is 1.94. The second-order valence-electron chi connectivity index (χ2n) is 3.10. The van der Waals surface area contributed by atoms with Gasteiger partial charge < -0.3 is 4.74 Å². The molecule has 0 radical (unpaired) electrons. The Balaban J connectivity index is 2.55. The molecule has 7 heteroatoms. The molecule has 0 unspecified atom stereocenters. The van der Waals surface area contributed by atoms with Crippen LogP contribution in [0.15, 0.2) is 23.8 Å². The maximum absolute atomic E-state index is 12.5. The van der Waals surface area contributed by atoms with Crippen molar-refractivity contribution >= 4 is 11.3 Å². The summed E-state index contributed by atoms with van der Waals surface area (Å²) in [5.41, 5.74) is -0.659. The van der Waals surface area contributed by atoms with Gasteiger partial charge in [0.2, 0.25) is 0 Å². The van der Waals surface area contributed by atoms with Gasteiger partial charge in [0, 0.05) is 11.6 Å². The third-order valence-corrected chi connectivity index (χ3v) is 2.85. The Labute approximate surface area is 98.9 Å². The molecule has 0 saturated heterocycles. The van der Waals surface area contributed by atoms with E-state index >= 15 is 0 Å². The molecule has 2 aromatic heterocycles. The predicted molar refractivity (Wildman–Crippen MR) is 56.9 cm³/mol. The van der Waals surface area contributed by atoms with Crippen molar-refractivity contribution in [3.63, 3.8) is 0 Å². The van der Waals surface area contributed by atoms with E-state index < -0.39 is 11.9 Å². The summed E-state index contributed by atoms with van der Waals surface area (Å²) in [4.78, 5) is 7.28. The molecule has 0 saturated carbocycles. The molecule has 2 aromatic rings. The maximum atomic E-state index is 12.5. The number of hydrogen-bond acceptors (Lipinski definition) is 4. The zero-order valence-electron chi connectivity index (χ0n) is 8.65. The number of pyridine rings is 1. The van der Waals surface area contributed by atoms with Crippen LogP contribution in [0.25, 0.3) is 10.6 Å². The summed E-state index contributed by atoms with van der Waals surface area (Å²) >= 11 is 1.24. The molecule has 0 aromatic carbocycles. The van der Waals surface area contributed by atoms with Gasteiger partial charge in [-0.2, -0.15) is 13.2 Å². The van der Waals surface area contributed by atoms with Gasteiger partial charge in [-0.3, -0.25) is 0 Å². The average molecular weight is 260 g/mol. The number of thiazole rings is 1. The summed E-state index contributed by atoms with van der Waals surface area (Å²) in [6, 6.07) is 0.942. The Kier molecular flexibility index (Phi) is 3.01. The van der Waals surface area contributed by atoms with E-state index in [4.69, 9.17) is 4.74 Å². The first-order chi connectivity index (χ1) is 8.02. The standard InChI is InChI=1S/C10H7F3N2OS/c1-16-7-5-15-8(10(11,12)13)4-6(7)9-14-2-3-17-9/h2-5H,1H3. The van der Waals surface area contributed by atoms with Crippen LogP contribution in [0, 0.1) is 0 Å². The van der Waals surface area contributed by atoms with Gasteiger partial charge in [0.25, 0.3) is 0 Å². The van der Waals surface area contributed by atoms with Crippen molar-refractivity contribution in [1.29, 1.82) is 0 Å². The number of nitrogens with zero attached hydrogens (tertiary/aromatic N) is 2. The highest BCUT2D eigenvalue weighted by atomic mass is 32.1. The summed E-state index contributed by atoms with van der Waals surface area (Å²) in [6.07, 6.45) is -1.90. The van der Waals surface area contributed by atoms with E-state index in [2.05, 4.69) is 9.97 Å². The molecular weight excluding hydrogens is 253 g/mol. The molecule has 2 heterocycles. The van der Waals surface area contributed by atoms with Gasteiger partial charge >= 0.3 is 6.18 Å². The van der Waals surface area contributed by atoms with E-state index in [9.17, 15) is 13.2 Å². The summed E-state index contributed by atoms with van der Waals surface area (Å²) in [6.45, 7) is 0. The van der Waals surface area contributed by atoms with Crippen molar-refractivity contribution in [3.05, 3.63) is 29.5 Å². The highest BCUT2D eigenvalue weighted by Gasteiger charge is 2.33. The van der Waals surface area contributed by atoms with Crippen LogP contribution in [0.1, 0.15) is 5.69 Å². The van der Waals surface area contributed by atoms with Gasteiger partial charge in [0.15, 0.2) is 0 Å². The second-order valence-corrected chi connectivity index (χ2v) is 4.00. The third kappa shape index (κ3) is 2.38. The van der Waals surface area contributed by atoms with Crippen molar-refractivity contribution in [1.82, 2.24) is 9.97 Å². The molecule has 3 nitrogen and oxygen atoms in total. The molecule has 0 atom stereocenters. The lowest BCUT2D eigenvalue weighted by atomic mass is 10.2. The Hall–Kier alpha value is -1.63. The molecule has 0 amide bonds. The van der Waals surface area contributed by atoms with Crippen LogP contribution in [-0.2, 0) is 6.18 Å². The number of methoxy groups -OCH3 is 1. The molecule has 0 aliphatic heterocycles. The average Bonchev–Trinajstić information content (AvgIpc) is 2.80. The van der Waals surface area contributed by atoms with Crippen molar-refractivity contribution < 1.29 is 17.9 Å². The molecule has 0 spiro atoms. The summed E-state index contributed by atoms with van der Waals surface area (Å²) in [5, 5.41) is 2.15. The molecule has 17 heavy (non-hydrogen) atoms. The van der Waals surface area contributed by atoms with Gasteiger partial charge in [0.05, 0.1) is 18.9 Å². The number of hydrogen-bond donors (Lipinski definition) is 0. The number of rotatable bonds is 2. The van der Waals surface area contributed by atoms with Crippen molar-refractivity contribution in [3.8, 4) is 16.3 Å². The lowest BCUT2D eigenvalue weighted by molar-refractivity contribution is -0.141. The van der Waals surface area contributed by atoms with Crippen LogP contribution in [0.3, 0.4) is 0 Å². The second kappa shape index (κ2) is 4.33. The van der Waals surface area contributed by atoms with E-state index in [1.54, 1.807) is 5.38 Å². The Bertz CT molecular complexity index is 511. The van der Waals surface area contributed by atoms with E-state index in [0.717, 1.165) is 12.3 Å². The van der Waals surface area contributed by atoms with E-state index in [1.165, 1.54) is 24.6 Å². The Morgan fingerprint density at radius 1 is 1.29 bits per heavy atom. The summed E-state index contributed by atoms with van der Waals surface area (Å²) < 4.78 is 42.5. The maximum Gasteiger partial charge on any atom is 0.433 e. The molecule has 2 rings (SSSR count). The molecule has 0 bridgehead atoms. The predicted octanol–water partition coefficient (Wildman–Crippen LogP) is 3.23. The van der Waals surface area contributed by atoms with Gasteiger partial charge in [0.1, 0.15) is 16.5 Å². The largest absolute Gasteiger partial charge is 0.494 e. The first-order valence-corrected chi connectivity index (χ1v) is 5.41. The van der Waals surface area contributed by atoms with Crippen LogP contribution >= 0.6 is 11.3 Å². The van der Waals surface area contributed by atoms with E-state index in [-0.39, 0.29) is 5.75 Å². The van der Waals surface area contributed by atoms with Gasteiger partial charge in [-0.1, -0.05) is 0 Å². The van der Waals surface area contributed by atoms with Crippen LogP contribution < -0.4 is 4.74 Å². The summed E-state index contributed by atoms with van der Waals surface area (Å²) in [5.74, 6) is 0.271. The number of aromatic nitrogens is 2. The molecule has 90 valence electrons. The van der Waals surface area contributed by atoms with Gasteiger partial charge in [-0.15, -0.1) is 11.3 Å². The first-order valence-electron chi connectivity index (χ1n) is 4.53.